The third-order valence-corrected chi connectivity index (χ3v) is 7.18. The summed E-state index contributed by atoms with van der Waals surface area (Å²) in [6.45, 7) is 11.5. The van der Waals surface area contributed by atoms with Crippen LogP contribution in [0.15, 0.2) is 57.9 Å². The Morgan fingerprint density at radius 2 is 1.89 bits per heavy atom. The molecule has 184 valence electrons. The second-order valence-electron chi connectivity index (χ2n) is 9.95. The quantitative estimate of drug-likeness (QED) is 0.408. The van der Waals surface area contributed by atoms with Crippen LogP contribution in [0.3, 0.4) is 0 Å². The first-order valence-electron chi connectivity index (χ1n) is 11.7. The van der Waals surface area contributed by atoms with Gasteiger partial charge < -0.3 is 8.98 Å². The zero-order valence-corrected chi connectivity index (χ0v) is 22.2. The summed E-state index contributed by atoms with van der Waals surface area (Å²) in [4.78, 5) is 26.7. The van der Waals surface area contributed by atoms with Gasteiger partial charge in [0.2, 0.25) is 0 Å². The molecule has 0 amide bonds. The van der Waals surface area contributed by atoms with Crippen LogP contribution in [0, 0.1) is 37.5 Å². The third-order valence-electron chi connectivity index (χ3n) is 6.05. The first-order valence-corrected chi connectivity index (χ1v) is 12.5. The second-order valence-corrected chi connectivity index (χ2v) is 11.0. The minimum absolute atomic E-state index is 0.0129. The number of hydrogen-bond donors (Lipinski definition) is 0. The van der Waals surface area contributed by atoms with Gasteiger partial charge in [0.1, 0.15) is 22.1 Å². The van der Waals surface area contributed by atoms with Crippen molar-refractivity contribution in [1.29, 1.82) is 5.26 Å². The van der Waals surface area contributed by atoms with Crippen LogP contribution in [-0.4, -0.2) is 14.9 Å². The molecule has 4 aromatic rings. The van der Waals surface area contributed by atoms with Crippen LogP contribution in [-0.2, 0) is 11.3 Å². The maximum absolute atomic E-state index is 13.6. The second kappa shape index (κ2) is 9.63. The molecule has 1 aromatic carbocycles. The Labute approximate surface area is 214 Å². The number of benzene rings is 1. The van der Waals surface area contributed by atoms with Crippen molar-refractivity contribution in [3.63, 3.8) is 0 Å². The van der Waals surface area contributed by atoms with Gasteiger partial charge in [-0.25, -0.2) is 0 Å². The van der Waals surface area contributed by atoms with E-state index in [9.17, 15) is 14.9 Å². The number of nitrogens with zero attached hydrogens (tertiary/aromatic N) is 3. The van der Waals surface area contributed by atoms with Gasteiger partial charge >= 0.3 is 0 Å². The number of nitriles is 1. The van der Waals surface area contributed by atoms with E-state index in [1.165, 1.54) is 22.2 Å². The SMILES string of the molecule is Cc1cccc(-n2c(C)cc(/C=c3\s/c(=C(\C#N)C(=O)C(C)(C)C)n(Cc4ccco4)c3=O)c2C)c1. The molecule has 0 unspecified atom stereocenters. The normalized spacial score (nSPS) is 13.1. The highest BCUT2D eigenvalue weighted by Crippen LogP contribution is 2.22. The maximum atomic E-state index is 13.6. The van der Waals surface area contributed by atoms with Crippen molar-refractivity contribution in [2.45, 2.75) is 48.1 Å². The lowest BCUT2D eigenvalue weighted by atomic mass is 9.87. The number of carbonyl (C=O) groups is 1. The fourth-order valence-electron chi connectivity index (χ4n) is 4.22. The Balaban J connectivity index is 1.97. The van der Waals surface area contributed by atoms with E-state index >= 15 is 0 Å². The van der Waals surface area contributed by atoms with Crippen molar-refractivity contribution >= 4 is 28.8 Å². The van der Waals surface area contributed by atoms with Crippen LogP contribution < -0.4 is 14.8 Å². The Morgan fingerprint density at radius 1 is 1.14 bits per heavy atom. The van der Waals surface area contributed by atoms with Gasteiger partial charge in [0.05, 0.1) is 17.3 Å². The molecule has 0 saturated carbocycles. The molecular formula is C29H29N3O3S. The molecule has 6 nitrogen and oxygen atoms in total. The van der Waals surface area contributed by atoms with Gasteiger partial charge in [0.25, 0.3) is 5.56 Å². The van der Waals surface area contributed by atoms with Crippen LogP contribution in [0.2, 0.25) is 0 Å². The molecule has 4 rings (SSSR count). The molecule has 36 heavy (non-hydrogen) atoms. The maximum Gasteiger partial charge on any atom is 0.269 e. The lowest BCUT2D eigenvalue weighted by Gasteiger charge is -2.15. The number of furan rings is 1. The number of hydrogen-bond acceptors (Lipinski definition) is 5. The van der Waals surface area contributed by atoms with Crippen molar-refractivity contribution in [2.75, 3.05) is 0 Å². The fourth-order valence-corrected chi connectivity index (χ4v) is 5.31. The summed E-state index contributed by atoms with van der Waals surface area (Å²) < 4.78 is 9.89. The summed E-state index contributed by atoms with van der Waals surface area (Å²) in [6.07, 6.45) is 3.38. The fraction of sp³-hybridized carbons (Fsp3) is 0.276. The molecular weight excluding hydrogens is 470 g/mol. The molecule has 0 bridgehead atoms. The van der Waals surface area contributed by atoms with E-state index in [0.29, 0.717) is 15.0 Å². The summed E-state index contributed by atoms with van der Waals surface area (Å²) in [7, 11) is 0. The van der Waals surface area contributed by atoms with Gasteiger partial charge in [-0.1, -0.05) is 32.9 Å². The van der Waals surface area contributed by atoms with Crippen molar-refractivity contribution in [3.8, 4) is 11.8 Å². The van der Waals surface area contributed by atoms with E-state index in [0.717, 1.165) is 28.2 Å². The first-order chi connectivity index (χ1) is 17.0. The molecule has 0 aliphatic carbocycles. The average molecular weight is 500 g/mol. The molecule has 3 aromatic heterocycles. The summed E-state index contributed by atoms with van der Waals surface area (Å²) in [5.41, 5.74) is 4.14. The topological polar surface area (TPSA) is 80.9 Å². The molecule has 0 aliphatic heterocycles. The molecule has 0 N–H and O–H groups in total. The minimum atomic E-state index is -0.761. The van der Waals surface area contributed by atoms with E-state index in [2.05, 4.69) is 35.8 Å². The number of rotatable bonds is 5. The standard InChI is InChI=1S/C29H29N3O3S/c1-18-9-7-10-22(13-18)32-19(2)14-21(20(32)3)15-25-27(34)31(17-23-11-8-12-35-23)28(36-25)24(16-30)26(33)29(4,5)6/h7-15H,17H2,1-6H3/b25-15-,28-24+. The lowest BCUT2D eigenvalue weighted by Crippen LogP contribution is -2.34. The van der Waals surface area contributed by atoms with Crippen molar-refractivity contribution < 1.29 is 9.21 Å². The molecule has 0 radical (unpaired) electrons. The highest BCUT2D eigenvalue weighted by atomic mass is 32.1. The molecule has 7 heteroatoms. The van der Waals surface area contributed by atoms with E-state index in [1.807, 2.05) is 32.1 Å². The molecule has 0 spiro atoms. The minimum Gasteiger partial charge on any atom is -0.467 e. The molecule has 0 fully saturated rings. The predicted octanol–water partition coefficient (Wildman–Crippen LogP) is 4.39. The van der Waals surface area contributed by atoms with Crippen LogP contribution in [0.1, 0.15) is 49.0 Å². The van der Waals surface area contributed by atoms with Gasteiger partial charge in [-0.05, 0) is 68.3 Å². The monoisotopic (exact) mass is 499 g/mol. The summed E-state index contributed by atoms with van der Waals surface area (Å²) in [6, 6.07) is 15.9. The Hall–Kier alpha value is -3.89. The summed E-state index contributed by atoms with van der Waals surface area (Å²) in [5.74, 6) is 0.268. The highest BCUT2D eigenvalue weighted by molar-refractivity contribution is 7.07. The van der Waals surface area contributed by atoms with Crippen LogP contribution in [0.25, 0.3) is 17.3 Å². The number of aromatic nitrogens is 2. The van der Waals surface area contributed by atoms with Gasteiger partial charge in [-0.2, -0.15) is 5.26 Å². The Kier molecular flexibility index (Phi) is 6.75. The van der Waals surface area contributed by atoms with Crippen molar-refractivity contribution in [3.05, 3.63) is 96.6 Å². The largest absolute Gasteiger partial charge is 0.467 e. The van der Waals surface area contributed by atoms with E-state index in [-0.39, 0.29) is 23.5 Å². The van der Waals surface area contributed by atoms with Crippen molar-refractivity contribution in [2.24, 2.45) is 5.41 Å². The summed E-state index contributed by atoms with van der Waals surface area (Å²) in [5, 5.41) is 9.93. The van der Waals surface area contributed by atoms with Crippen LogP contribution in [0.4, 0.5) is 0 Å². The lowest BCUT2D eigenvalue weighted by molar-refractivity contribution is -0.120. The number of carbonyl (C=O) groups excluding carboxylic acids is 1. The molecule has 0 aliphatic rings. The number of aryl methyl sites for hydroxylation is 2. The van der Waals surface area contributed by atoms with Gasteiger partial charge in [-0.3, -0.25) is 14.2 Å². The van der Waals surface area contributed by atoms with Crippen molar-refractivity contribution in [1.82, 2.24) is 9.13 Å². The van der Waals surface area contributed by atoms with E-state index in [1.54, 1.807) is 32.9 Å². The number of ketones is 1. The van der Waals surface area contributed by atoms with Gasteiger partial charge in [-0.15, -0.1) is 11.3 Å². The average Bonchev–Trinajstić information content (AvgIpc) is 3.50. The third kappa shape index (κ3) is 4.77. The van der Waals surface area contributed by atoms with Crippen LogP contribution >= 0.6 is 11.3 Å². The molecule has 0 atom stereocenters. The number of Topliss-reactive ketones (excluding diaryl/α,β-unsaturated/α-hetero) is 1. The highest BCUT2D eigenvalue weighted by Gasteiger charge is 2.27. The first kappa shape index (κ1) is 25.2. The van der Waals surface area contributed by atoms with E-state index in [4.69, 9.17) is 4.42 Å². The zero-order valence-electron chi connectivity index (χ0n) is 21.4. The molecule has 3 heterocycles. The summed E-state index contributed by atoms with van der Waals surface area (Å²) >= 11 is 1.17. The predicted molar refractivity (Wildman–Crippen MR) is 143 cm³/mol. The number of thiazole rings is 1. The van der Waals surface area contributed by atoms with Gasteiger partial charge in [0.15, 0.2) is 5.78 Å². The zero-order chi connectivity index (χ0) is 26.2. The molecule has 0 saturated heterocycles. The Morgan fingerprint density at radius 3 is 2.50 bits per heavy atom. The van der Waals surface area contributed by atoms with Gasteiger partial charge in [0, 0.05) is 22.5 Å². The van der Waals surface area contributed by atoms with Crippen LogP contribution in [0.5, 0.6) is 0 Å². The van der Waals surface area contributed by atoms with E-state index < -0.39 is 5.41 Å². The smallest absolute Gasteiger partial charge is 0.269 e. The Bertz CT molecular complexity index is 1670.